The highest BCUT2D eigenvalue weighted by Gasteiger charge is 2.00. The number of methoxy groups -OCH3 is 3. The number of rotatable bonds is 7. The zero-order valence-electron chi connectivity index (χ0n) is 11.9. The molecule has 1 rings (SSSR count). The molecule has 0 saturated heterocycles. The fraction of sp³-hybridized carbons (Fsp3) is 0.267. The van der Waals surface area contributed by atoms with Crippen molar-refractivity contribution < 1.29 is 19.0 Å². The molecule has 0 aliphatic heterocycles. The highest BCUT2D eigenvalue weighted by atomic mass is 16.5. The van der Waals surface area contributed by atoms with Crippen molar-refractivity contribution in [3.05, 3.63) is 48.2 Å². The molecule has 0 aliphatic carbocycles. The molecule has 0 amide bonds. The Morgan fingerprint density at radius 2 is 1.75 bits per heavy atom. The highest BCUT2D eigenvalue weighted by molar-refractivity contribution is 5.82. The smallest absolute Gasteiger partial charge is 0.330 e. The lowest BCUT2D eigenvalue weighted by Gasteiger charge is -2.08. The van der Waals surface area contributed by atoms with Gasteiger partial charge < -0.3 is 19.5 Å². The Balaban J connectivity index is 2.51. The number of allylic oxidation sites excluding steroid dienone is 2. The van der Waals surface area contributed by atoms with Crippen molar-refractivity contribution in [3.63, 3.8) is 0 Å². The van der Waals surface area contributed by atoms with Crippen LogP contribution in [-0.2, 0) is 16.1 Å². The fourth-order valence-electron chi connectivity index (χ4n) is 1.47. The Morgan fingerprint density at radius 3 is 2.30 bits per heavy atom. The molecule has 0 bridgehead atoms. The van der Waals surface area contributed by atoms with Crippen LogP contribution in [0, 0.1) is 0 Å². The number of hydrogen-bond acceptors (Lipinski definition) is 5. The van der Waals surface area contributed by atoms with Crippen LogP contribution in [0.3, 0.4) is 0 Å². The maximum Gasteiger partial charge on any atom is 0.330 e. The molecule has 1 aromatic rings. The summed E-state index contributed by atoms with van der Waals surface area (Å²) in [5, 5.41) is 3.10. The van der Waals surface area contributed by atoms with Crippen molar-refractivity contribution in [2.75, 3.05) is 21.3 Å². The summed E-state index contributed by atoms with van der Waals surface area (Å²) in [5.41, 5.74) is 1.03. The summed E-state index contributed by atoms with van der Waals surface area (Å²) < 4.78 is 14.9. The predicted octanol–water partition coefficient (Wildman–Crippen LogP) is 2.04. The molecule has 5 nitrogen and oxygen atoms in total. The van der Waals surface area contributed by atoms with Crippen LogP contribution >= 0.6 is 0 Å². The van der Waals surface area contributed by atoms with Gasteiger partial charge >= 0.3 is 5.97 Å². The third kappa shape index (κ3) is 5.48. The van der Waals surface area contributed by atoms with Gasteiger partial charge in [0.15, 0.2) is 0 Å². The van der Waals surface area contributed by atoms with E-state index in [4.69, 9.17) is 9.47 Å². The van der Waals surface area contributed by atoms with Gasteiger partial charge in [0.2, 0.25) is 0 Å². The van der Waals surface area contributed by atoms with Crippen molar-refractivity contribution in [3.8, 4) is 11.5 Å². The molecule has 0 aromatic heterocycles. The number of nitrogens with one attached hydrogen (secondary N) is 1. The average Bonchev–Trinajstić information content (AvgIpc) is 2.49. The minimum Gasteiger partial charge on any atom is -0.497 e. The van der Waals surface area contributed by atoms with Crippen LogP contribution in [0.5, 0.6) is 11.5 Å². The van der Waals surface area contributed by atoms with Crippen LogP contribution in [0.2, 0.25) is 0 Å². The van der Waals surface area contributed by atoms with E-state index in [0.717, 1.165) is 17.1 Å². The van der Waals surface area contributed by atoms with Gasteiger partial charge in [0, 0.05) is 18.7 Å². The van der Waals surface area contributed by atoms with E-state index in [1.165, 1.54) is 13.2 Å². The molecule has 0 heterocycles. The summed E-state index contributed by atoms with van der Waals surface area (Å²) in [4.78, 5) is 10.8. The minimum atomic E-state index is -0.382. The van der Waals surface area contributed by atoms with Gasteiger partial charge in [-0.2, -0.15) is 0 Å². The third-order valence-corrected chi connectivity index (χ3v) is 2.48. The van der Waals surface area contributed by atoms with Gasteiger partial charge in [-0.1, -0.05) is 6.08 Å². The van der Waals surface area contributed by atoms with Crippen LogP contribution in [0.1, 0.15) is 5.56 Å². The molecule has 0 aliphatic rings. The Kier molecular flexibility index (Phi) is 6.75. The number of ether oxygens (including phenoxy) is 3. The lowest BCUT2D eigenvalue weighted by atomic mass is 10.2. The van der Waals surface area contributed by atoms with E-state index < -0.39 is 0 Å². The minimum absolute atomic E-state index is 0.382. The van der Waals surface area contributed by atoms with E-state index >= 15 is 0 Å². The Morgan fingerprint density at radius 1 is 1.10 bits per heavy atom. The van der Waals surface area contributed by atoms with E-state index in [2.05, 4.69) is 10.1 Å². The van der Waals surface area contributed by atoms with E-state index in [1.807, 2.05) is 18.2 Å². The molecular formula is C15H19NO4. The topological polar surface area (TPSA) is 56.8 Å². The molecule has 20 heavy (non-hydrogen) atoms. The number of hydrogen-bond donors (Lipinski definition) is 1. The summed E-state index contributed by atoms with van der Waals surface area (Å²) >= 11 is 0. The van der Waals surface area contributed by atoms with Crippen LogP contribution in [0.4, 0.5) is 0 Å². The van der Waals surface area contributed by atoms with Gasteiger partial charge in [-0.3, -0.25) is 0 Å². The predicted molar refractivity (Wildman–Crippen MR) is 76.7 cm³/mol. The monoisotopic (exact) mass is 277 g/mol. The van der Waals surface area contributed by atoms with Crippen molar-refractivity contribution in [2.24, 2.45) is 0 Å². The third-order valence-electron chi connectivity index (χ3n) is 2.48. The highest BCUT2D eigenvalue weighted by Crippen LogP contribution is 2.22. The number of carbonyl (C=O) groups is 1. The van der Waals surface area contributed by atoms with E-state index in [9.17, 15) is 4.79 Å². The first-order valence-corrected chi connectivity index (χ1v) is 6.06. The van der Waals surface area contributed by atoms with E-state index in [0.29, 0.717) is 6.54 Å². The fourth-order valence-corrected chi connectivity index (χ4v) is 1.47. The van der Waals surface area contributed by atoms with Crippen LogP contribution in [0.25, 0.3) is 0 Å². The van der Waals surface area contributed by atoms with E-state index in [1.54, 1.807) is 32.6 Å². The largest absolute Gasteiger partial charge is 0.497 e. The van der Waals surface area contributed by atoms with E-state index in [-0.39, 0.29) is 5.97 Å². The maximum atomic E-state index is 10.8. The second kappa shape index (κ2) is 8.63. The van der Waals surface area contributed by atoms with Crippen molar-refractivity contribution >= 4 is 5.97 Å². The SMILES string of the molecule is COC(=O)/C=C/C=C/NCc1cc(OC)cc(OC)c1. The molecule has 1 aromatic carbocycles. The summed E-state index contributed by atoms with van der Waals surface area (Å²) in [6.07, 6.45) is 6.40. The normalized spacial score (nSPS) is 10.8. The number of esters is 1. The molecule has 0 fully saturated rings. The van der Waals surface area contributed by atoms with Crippen molar-refractivity contribution in [1.29, 1.82) is 0 Å². The van der Waals surface area contributed by atoms with Gasteiger partial charge in [0.25, 0.3) is 0 Å². The van der Waals surface area contributed by atoms with Gasteiger partial charge in [-0.05, 0) is 30.0 Å². The molecule has 0 radical (unpaired) electrons. The first-order valence-electron chi connectivity index (χ1n) is 6.06. The molecule has 1 N–H and O–H groups in total. The Hall–Kier alpha value is -2.43. The number of carbonyl (C=O) groups excluding carboxylic acids is 1. The quantitative estimate of drug-likeness (QED) is 0.469. The second-order valence-electron chi connectivity index (χ2n) is 3.84. The lowest BCUT2D eigenvalue weighted by Crippen LogP contribution is -2.04. The zero-order valence-corrected chi connectivity index (χ0v) is 11.9. The first kappa shape index (κ1) is 15.6. The first-order chi connectivity index (χ1) is 9.69. The average molecular weight is 277 g/mol. The Labute approximate surface area is 118 Å². The molecule has 108 valence electrons. The van der Waals surface area contributed by atoms with Gasteiger partial charge in [-0.25, -0.2) is 4.79 Å². The van der Waals surface area contributed by atoms with Gasteiger partial charge in [0.1, 0.15) is 11.5 Å². The molecule has 0 saturated carbocycles. The zero-order chi connectivity index (χ0) is 14.8. The van der Waals surface area contributed by atoms with Crippen LogP contribution < -0.4 is 14.8 Å². The molecule has 5 heteroatoms. The summed E-state index contributed by atoms with van der Waals surface area (Å²) in [5.74, 6) is 1.11. The van der Waals surface area contributed by atoms with Gasteiger partial charge in [0.05, 0.1) is 21.3 Å². The second-order valence-corrected chi connectivity index (χ2v) is 3.84. The number of benzene rings is 1. The van der Waals surface area contributed by atoms with Gasteiger partial charge in [-0.15, -0.1) is 0 Å². The summed E-state index contributed by atoms with van der Waals surface area (Å²) in [6.45, 7) is 0.621. The molecule has 0 atom stereocenters. The maximum absolute atomic E-state index is 10.8. The lowest BCUT2D eigenvalue weighted by molar-refractivity contribution is -0.134. The summed E-state index contributed by atoms with van der Waals surface area (Å²) in [6, 6.07) is 5.67. The Bertz CT molecular complexity index is 472. The van der Waals surface area contributed by atoms with Crippen molar-refractivity contribution in [2.45, 2.75) is 6.54 Å². The van der Waals surface area contributed by atoms with Crippen LogP contribution in [0.15, 0.2) is 42.6 Å². The molecule has 0 unspecified atom stereocenters. The standard InChI is InChI=1S/C15H19NO4/c1-18-13-8-12(9-14(10-13)19-2)11-16-7-5-4-6-15(17)20-3/h4-10,16H,11H2,1-3H3/b6-4+,7-5+. The molecular weight excluding hydrogens is 258 g/mol. The van der Waals surface area contributed by atoms with Crippen LogP contribution in [-0.4, -0.2) is 27.3 Å². The van der Waals surface area contributed by atoms with Crippen molar-refractivity contribution in [1.82, 2.24) is 5.32 Å². The molecule has 0 spiro atoms. The summed E-state index contributed by atoms with van der Waals surface area (Å²) in [7, 11) is 4.57.